The number of aromatic nitrogens is 2. The molecule has 1 aromatic heterocycles. The molecular formula is C15H18N4O3. The van der Waals surface area contributed by atoms with Gasteiger partial charge in [-0.15, -0.1) is 0 Å². The lowest BCUT2D eigenvalue weighted by Crippen LogP contribution is -2.38. The number of benzene rings is 1. The normalized spacial score (nSPS) is 16.2. The number of hydrogen-bond donors (Lipinski definition) is 1. The Labute approximate surface area is 127 Å². The van der Waals surface area contributed by atoms with Gasteiger partial charge in [0.25, 0.3) is 0 Å². The van der Waals surface area contributed by atoms with Gasteiger partial charge in [0.05, 0.1) is 30.0 Å². The highest BCUT2D eigenvalue weighted by Crippen LogP contribution is 2.18. The molecule has 0 spiro atoms. The first-order valence-electron chi connectivity index (χ1n) is 7.27. The number of aliphatic hydroxyl groups excluding tert-OH is 1. The van der Waals surface area contributed by atoms with E-state index >= 15 is 0 Å². The van der Waals surface area contributed by atoms with Gasteiger partial charge in [0.1, 0.15) is 0 Å². The third kappa shape index (κ3) is 3.32. The van der Waals surface area contributed by atoms with E-state index in [2.05, 4.69) is 22.1 Å². The SMILES string of the molecule is O=[N+]([O-])c1ccn(C[C@H](O)CN2CCc3ccccc3C2)n1. The Kier molecular flexibility index (Phi) is 4.17. The molecular weight excluding hydrogens is 284 g/mol. The molecule has 1 aliphatic rings. The van der Waals surface area contributed by atoms with Crippen molar-refractivity contribution < 1.29 is 10.0 Å². The number of hydrogen-bond acceptors (Lipinski definition) is 5. The van der Waals surface area contributed by atoms with Gasteiger partial charge in [0.2, 0.25) is 0 Å². The molecule has 3 rings (SSSR count). The first-order valence-corrected chi connectivity index (χ1v) is 7.27. The summed E-state index contributed by atoms with van der Waals surface area (Å²) in [6, 6.07) is 9.68. The van der Waals surface area contributed by atoms with Gasteiger partial charge in [-0.25, -0.2) is 0 Å². The second-order valence-corrected chi connectivity index (χ2v) is 5.56. The van der Waals surface area contributed by atoms with Crippen molar-refractivity contribution in [1.29, 1.82) is 0 Å². The van der Waals surface area contributed by atoms with E-state index in [0.29, 0.717) is 6.54 Å². The molecule has 2 aromatic rings. The van der Waals surface area contributed by atoms with Crippen LogP contribution in [0.2, 0.25) is 0 Å². The molecule has 22 heavy (non-hydrogen) atoms. The highest BCUT2D eigenvalue weighted by molar-refractivity contribution is 5.29. The number of rotatable bonds is 5. The third-order valence-electron chi connectivity index (χ3n) is 3.89. The molecule has 0 unspecified atom stereocenters. The van der Waals surface area contributed by atoms with E-state index in [0.717, 1.165) is 19.5 Å². The summed E-state index contributed by atoms with van der Waals surface area (Å²) < 4.78 is 1.42. The third-order valence-corrected chi connectivity index (χ3v) is 3.89. The van der Waals surface area contributed by atoms with Crippen molar-refractivity contribution >= 4 is 5.82 Å². The predicted molar refractivity (Wildman–Crippen MR) is 80.3 cm³/mol. The average Bonchev–Trinajstić information content (AvgIpc) is 2.95. The second kappa shape index (κ2) is 6.25. The molecule has 2 heterocycles. The van der Waals surface area contributed by atoms with Crippen molar-refractivity contribution in [1.82, 2.24) is 14.7 Å². The number of nitrogens with zero attached hydrogens (tertiary/aromatic N) is 4. The van der Waals surface area contributed by atoms with Crippen LogP contribution in [0.4, 0.5) is 5.82 Å². The number of nitro groups is 1. The zero-order valence-electron chi connectivity index (χ0n) is 12.1. The zero-order chi connectivity index (χ0) is 15.5. The summed E-state index contributed by atoms with van der Waals surface area (Å²) in [5.41, 5.74) is 2.67. The fourth-order valence-corrected chi connectivity index (χ4v) is 2.83. The van der Waals surface area contributed by atoms with Crippen LogP contribution in [0.1, 0.15) is 11.1 Å². The minimum absolute atomic E-state index is 0.195. The Hall–Kier alpha value is -2.25. The molecule has 0 bridgehead atoms. The van der Waals surface area contributed by atoms with Gasteiger partial charge >= 0.3 is 5.82 Å². The van der Waals surface area contributed by atoms with Gasteiger partial charge in [-0.05, 0) is 22.5 Å². The molecule has 7 heteroatoms. The van der Waals surface area contributed by atoms with Crippen LogP contribution in [0.3, 0.4) is 0 Å². The zero-order valence-corrected chi connectivity index (χ0v) is 12.1. The molecule has 1 aromatic carbocycles. The average molecular weight is 302 g/mol. The summed E-state index contributed by atoms with van der Waals surface area (Å²) in [5, 5.41) is 24.6. The quantitative estimate of drug-likeness (QED) is 0.663. The molecule has 1 aliphatic heterocycles. The first kappa shape index (κ1) is 14.7. The van der Waals surface area contributed by atoms with E-state index in [-0.39, 0.29) is 12.4 Å². The molecule has 7 nitrogen and oxygen atoms in total. The number of β-amino-alcohol motifs (C(OH)–C–C–N with tert-alkyl or cyclic N) is 1. The Morgan fingerprint density at radius 1 is 1.27 bits per heavy atom. The molecule has 0 fully saturated rings. The standard InChI is InChI=1S/C15H18N4O3/c20-14(11-18-8-6-15(16-18)19(21)22)10-17-7-5-12-3-1-2-4-13(12)9-17/h1-4,6,8,14,20H,5,7,9-11H2/t14-/m1/s1. The lowest BCUT2D eigenvalue weighted by atomic mass is 10.00. The second-order valence-electron chi connectivity index (χ2n) is 5.56. The monoisotopic (exact) mass is 302 g/mol. The van der Waals surface area contributed by atoms with E-state index in [9.17, 15) is 15.2 Å². The van der Waals surface area contributed by atoms with Crippen molar-refractivity contribution in [3.8, 4) is 0 Å². The molecule has 1 atom stereocenters. The smallest absolute Gasteiger partial charge is 0.389 e. The van der Waals surface area contributed by atoms with Crippen LogP contribution >= 0.6 is 0 Å². The summed E-state index contributed by atoms with van der Waals surface area (Å²) in [6.45, 7) is 2.52. The first-order chi connectivity index (χ1) is 10.6. The van der Waals surface area contributed by atoms with Crippen LogP contribution in [-0.2, 0) is 19.5 Å². The maximum Gasteiger partial charge on any atom is 0.389 e. The maximum atomic E-state index is 10.6. The summed E-state index contributed by atoms with van der Waals surface area (Å²) in [6.07, 6.45) is 1.90. The van der Waals surface area contributed by atoms with Crippen LogP contribution in [-0.4, -0.2) is 43.9 Å². The van der Waals surface area contributed by atoms with Crippen molar-refractivity contribution in [3.63, 3.8) is 0 Å². The van der Waals surface area contributed by atoms with Crippen LogP contribution in [0.15, 0.2) is 36.5 Å². The number of fused-ring (bicyclic) bond motifs is 1. The van der Waals surface area contributed by atoms with Gasteiger partial charge in [-0.1, -0.05) is 24.3 Å². The van der Waals surface area contributed by atoms with Crippen molar-refractivity contribution in [2.24, 2.45) is 0 Å². The Balaban J connectivity index is 1.56. The Morgan fingerprint density at radius 2 is 2.05 bits per heavy atom. The van der Waals surface area contributed by atoms with Crippen LogP contribution in [0.5, 0.6) is 0 Å². The molecule has 0 saturated heterocycles. The van der Waals surface area contributed by atoms with E-state index in [1.807, 2.05) is 12.1 Å². The molecule has 1 N–H and O–H groups in total. The largest absolute Gasteiger partial charge is 0.390 e. The molecule has 0 saturated carbocycles. The Morgan fingerprint density at radius 3 is 2.77 bits per heavy atom. The van der Waals surface area contributed by atoms with Gasteiger partial charge in [0, 0.05) is 19.6 Å². The van der Waals surface area contributed by atoms with Gasteiger partial charge < -0.3 is 15.2 Å². The lowest BCUT2D eigenvalue weighted by molar-refractivity contribution is -0.389. The lowest BCUT2D eigenvalue weighted by Gasteiger charge is -2.30. The number of aliphatic hydroxyl groups is 1. The molecule has 0 aliphatic carbocycles. The summed E-state index contributed by atoms with van der Waals surface area (Å²) in [4.78, 5) is 12.3. The fourth-order valence-electron chi connectivity index (χ4n) is 2.83. The minimum atomic E-state index is -0.607. The molecule has 116 valence electrons. The highest BCUT2D eigenvalue weighted by atomic mass is 16.6. The van der Waals surface area contributed by atoms with Crippen LogP contribution in [0.25, 0.3) is 0 Å². The van der Waals surface area contributed by atoms with Crippen molar-refractivity contribution in [3.05, 3.63) is 57.8 Å². The van der Waals surface area contributed by atoms with Gasteiger partial charge in [-0.3, -0.25) is 4.90 Å². The van der Waals surface area contributed by atoms with Gasteiger partial charge in [-0.2, -0.15) is 4.68 Å². The van der Waals surface area contributed by atoms with E-state index in [1.165, 1.54) is 28.1 Å². The summed E-state index contributed by atoms with van der Waals surface area (Å²) in [7, 11) is 0. The van der Waals surface area contributed by atoms with E-state index < -0.39 is 11.0 Å². The van der Waals surface area contributed by atoms with Crippen molar-refractivity contribution in [2.75, 3.05) is 13.1 Å². The van der Waals surface area contributed by atoms with Gasteiger partial charge in [0.15, 0.2) is 0 Å². The highest BCUT2D eigenvalue weighted by Gasteiger charge is 2.20. The molecule has 0 radical (unpaired) electrons. The molecule has 0 amide bonds. The summed E-state index contributed by atoms with van der Waals surface area (Å²) >= 11 is 0. The summed E-state index contributed by atoms with van der Waals surface area (Å²) in [5.74, 6) is -0.195. The van der Waals surface area contributed by atoms with E-state index in [1.54, 1.807) is 0 Å². The topological polar surface area (TPSA) is 84.4 Å². The van der Waals surface area contributed by atoms with E-state index in [4.69, 9.17) is 0 Å². The maximum absolute atomic E-state index is 10.6. The predicted octanol–water partition coefficient (Wildman–Crippen LogP) is 1.21. The van der Waals surface area contributed by atoms with Crippen LogP contribution < -0.4 is 0 Å². The fraction of sp³-hybridized carbons (Fsp3) is 0.400. The van der Waals surface area contributed by atoms with Crippen LogP contribution in [0, 0.1) is 10.1 Å². The minimum Gasteiger partial charge on any atom is -0.390 e. The Bertz CT molecular complexity index is 670. The van der Waals surface area contributed by atoms with Crippen molar-refractivity contribution in [2.45, 2.75) is 25.6 Å².